The van der Waals surface area contributed by atoms with Crippen molar-refractivity contribution in [1.82, 2.24) is 0 Å². The highest BCUT2D eigenvalue weighted by Gasteiger charge is 2.00. The molecule has 0 nitrogen and oxygen atoms in total. The molecule has 0 radical (unpaired) electrons. The monoisotopic (exact) mass is 234 g/mol. The van der Waals surface area contributed by atoms with Crippen LogP contribution in [0.15, 0.2) is 42.5 Å². The number of hydrogen-bond acceptors (Lipinski definition) is 0. The molecule has 0 saturated carbocycles. The SMILES string of the molecule is Fc1cccc(C=Cc2cc(F)ccc2F)c1. The summed E-state index contributed by atoms with van der Waals surface area (Å²) in [5.74, 6) is -1.39. The average Bonchev–Trinajstić information content (AvgIpc) is 2.30. The van der Waals surface area contributed by atoms with E-state index >= 15 is 0 Å². The molecule has 3 heteroatoms. The van der Waals surface area contributed by atoms with E-state index in [-0.39, 0.29) is 11.4 Å². The highest BCUT2D eigenvalue weighted by molar-refractivity contribution is 5.69. The average molecular weight is 234 g/mol. The third kappa shape index (κ3) is 2.97. The van der Waals surface area contributed by atoms with E-state index in [2.05, 4.69) is 0 Å². The summed E-state index contributed by atoms with van der Waals surface area (Å²) < 4.78 is 39.0. The number of halogens is 3. The summed E-state index contributed by atoms with van der Waals surface area (Å²) in [6, 6.07) is 9.06. The normalized spacial score (nSPS) is 11.0. The summed E-state index contributed by atoms with van der Waals surface area (Å²) in [7, 11) is 0. The molecule has 17 heavy (non-hydrogen) atoms. The molecule has 0 aliphatic carbocycles. The van der Waals surface area contributed by atoms with Crippen molar-refractivity contribution < 1.29 is 13.2 Å². The minimum absolute atomic E-state index is 0.134. The lowest BCUT2D eigenvalue weighted by Crippen LogP contribution is -1.84. The van der Waals surface area contributed by atoms with Crippen molar-refractivity contribution in [1.29, 1.82) is 0 Å². The van der Waals surface area contributed by atoms with Gasteiger partial charge in [0.05, 0.1) is 0 Å². The zero-order chi connectivity index (χ0) is 12.3. The first-order valence-corrected chi connectivity index (χ1v) is 5.04. The van der Waals surface area contributed by atoms with Gasteiger partial charge in [0.1, 0.15) is 17.5 Å². The first-order valence-electron chi connectivity index (χ1n) is 5.04. The fraction of sp³-hybridized carbons (Fsp3) is 0. The van der Waals surface area contributed by atoms with E-state index in [0.29, 0.717) is 5.56 Å². The largest absolute Gasteiger partial charge is 0.207 e. The molecule has 0 N–H and O–H groups in total. The summed E-state index contributed by atoms with van der Waals surface area (Å²) in [4.78, 5) is 0. The zero-order valence-electron chi connectivity index (χ0n) is 8.83. The maximum atomic E-state index is 13.3. The summed E-state index contributed by atoms with van der Waals surface area (Å²) in [5.41, 5.74) is 0.725. The van der Waals surface area contributed by atoms with Crippen LogP contribution in [0, 0.1) is 17.5 Å². The van der Waals surface area contributed by atoms with Crippen LogP contribution in [0.4, 0.5) is 13.2 Å². The Hall–Kier alpha value is -2.03. The minimum atomic E-state index is -0.515. The Bertz CT molecular complexity index is 559. The molecule has 0 aliphatic rings. The third-order valence-electron chi connectivity index (χ3n) is 2.26. The van der Waals surface area contributed by atoms with Gasteiger partial charge in [0.2, 0.25) is 0 Å². The first kappa shape index (κ1) is 11.5. The van der Waals surface area contributed by atoms with Crippen molar-refractivity contribution in [2.24, 2.45) is 0 Å². The molecule has 2 rings (SSSR count). The molecule has 0 aromatic heterocycles. The van der Waals surface area contributed by atoms with E-state index in [1.165, 1.54) is 24.3 Å². The Labute approximate surface area is 97.0 Å². The predicted molar refractivity (Wildman–Crippen MR) is 61.7 cm³/mol. The van der Waals surface area contributed by atoms with Crippen molar-refractivity contribution in [2.45, 2.75) is 0 Å². The van der Waals surface area contributed by atoms with Crippen molar-refractivity contribution in [3.8, 4) is 0 Å². The van der Waals surface area contributed by atoms with Gasteiger partial charge in [-0.25, -0.2) is 13.2 Å². The maximum Gasteiger partial charge on any atom is 0.130 e. The molecule has 0 spiro atoms. The third-order valence-corrected chi connectivity index (χ3v) is 2.26. The lowest BCUT2D eigenvalue weighted by atomic mass is 10.1. The van der Waals surface area contributed by atoms with Gasteiger partial charge in [0, 0.05) is 5.56 Å². The van der Waals surface area contributed by atoms with Crippen molar-refractivity contribution >= 4 is 12.2 Å². The summed E-state index contributed by atoms with van der Waals surface area (Å²) in [6.45, 7) is 0. The molecule has 0 bridgehead atoms. The molecular weight excluding hydrogens is 225 g/mol. The Morgan fingerprint density at radius 3 is 2.29 bits per heavy atom. The van der Waals surface area contributed by atoms with Crippen LogP contribution in [0.2, 0.25) is 0 Å². The van der Waals surface area contributed by atoms with Crippen LogP contribution < -0.4 is 0 Å². The van der Waals surface area contributed by atoms with Gasteiger partial charge in [0.15, 0.2) is 0 Å². The van der Waals surface area contributed by atoms with E-state index in [1.54, 1.807) is 12.1 Å². The highest BCUT2D eigenvalue weighted by Crippen LogP contribution is 2.14. The summed E-state index contributed by atoms with van der Waals surface area (Å²) in [6.07, 6.45) is 2.94. The van der Waals surface area contributed by atoms with Crippen LogP contribution in [0.25, 0.3) is 12.2 Å². The van der Waals surface area contributed by atoms with E-state index < -0.39 is 11.6 Å². The molecule has 0 atom stereocenters. The Kier molecular flexibility index (Phi) is 3.28. The van der Waals surface area contributed by atoms with Gasteiger partial charge in [-0.15, -0.1) is 0 Å². The second-order valence-corrected chi connectivity index (χ2v) is 3.55. The quantitative estimate of drug-likeness (QED) is 0.680. The van der Waals surface area contributed by atoms with Crippen molar-refractivity contribution in [3.05, 3.63) is 71.0 Å². The van der Waals surface area contributed by atoms with E-state index in [1.807, 2.05) is 0 Å². The second kappa shape index (κ2) is 4.87. The molecule has 2 aromatic rings. The molecule has 86 valence electrons. The van der Waals surface area contributed by atoms with Gasteiger partial charge in [-0.2, -0.15) is 0 Å². The van der Waals surface area contributed by atoms with E-state index in [4.69, 9.17) is 0 Å². The van der Waals surface area contributed by atoms with Crippen LogP contribution >= 0.6 is 0 Å². The van der Waals surface area contributed by atoms with Crippen molar-refractivity contribution in [3.63, 3.8) is 0 Å². The standard InChI is InChI=1S/C14H9F3/c15-12-3-1-2-10(8-12)4-5-11-9-13(16)6-7-14(11)17/h1-9H. The maximum absolute atomic E-state index is 13.3. The molecular formula is C14H9F3. The topological polar surface area (TPSA) is 0 Å². The van der Waals surface area contributed by atoms with E-state index in [9.17, 15) is 13.2 Å². The Morgan fingerprint density at radius 1 is 0.765 bits per heavy atom. The molecule has 0 amide bonds. The van der Waals surface area contributed by atoms with Gasteiger partial charge < -0.3 is 0 Å². The predicted octanol–water partition coefficient (Wildman–Crippen LogP) is 4.27. The lowest BCUT2D eigenvalue weighted by molar-refractivity contribution is 0.598. The number of rotatable bonds is 2. The van der Waals surface area contributed by atoms with Crippen LogP contribution in [-0.4, -0.2) is 0 Å². The smallest absolute Gasteiger partial charge is 0.130 e. The van der Waals surface area contributed by atoms with Gasteiger partial charge in [-0.3, -0.25) is 0 Å². The molecule has 2 aromatic carbocycles. The van der Waals surface area contributed by atoms with Gasteiger partial charge in [0.25, 0.3) is 0 Å². The fourth-order valence-electron chi connectivity index (χ4n) is 1.44. The Balaban J connectivity index is 2.29. The van der Waals surface area contributed by atoms with Crippen LogP contribution in [0.1, 0.15) is 11.1 Å². The highest BCUT2D eigenvalue weighted by atomic mass is 19.1. The van der Waals surface area contributed by atoms with Gasteiger partial charge in [-0.05, 0) is 35.9 Å². The molecule has 0 fully saturated rings. The van der Waals surface area contributed by atoms with Crippen LogP contribution in [0.5, 0.6) is 0 Å². The van der Waals surface area contributed by atoms with Gasteiger partial charge >= 0.3 is 0 Å². The van der Waals surface area contributed by atoms with Gasteiger partial charge in [-0.1, -0.05) is 24.3 Å². The number of hydrogen-bond donors (Lipinski definition) is 0. The van der Waals surface area contributed by atoms with E-state index in [0.717, 1.165) is 18.2 Å². The summed E-state index contributed by atoms with van der Waals surface area (Å²) in [5, 5.41) is 0. The summed E-state index contributed by atoms with van der Waals surface area (Å²) >= 11 is 0. The molecule has 0 unspecified atom stereocenters. The fourth-order valence-corrected chi connectivity index (χ4v) is 1.44. The molecule has 0 heterocycles. The lowest BCUT2D eigenvalue weighted by Gasteiger charge is -1.97. The Morgan fingerprint density at radius 2 is 1.53 bits per heavy atom. The zero-order valence-corrected chi connectivity index (χ0v) is 8.83. The molecule has 0 aliphatic heterocycles. The van der Waals surface area contributed by atoms with Crippen LogP contribution in [0.3, 0.4) is 0 Å². The molecule has 0 saturated heterocycles. The first-order chi connectivity index (χ1) is 8.15. The second-order valence-electron chi connectivity index (χ2n) is 3.55. The van der Waals surface area contributed by atoms with Crippen LogP contribution in [-0.2, 0) is 0 Å². The minimum Gasteiger partial charge on any atom is -0.207 e. The van der Waals surface area contributed by atoms with Crippen molar-refractivity contribution in [2.75, 3.05) is 0 Å². The number of benzene rings is 2.